The Hall–Kier alpha value is -0.400. The zero-order valence-electron chi connectivity index (χ0n) is 10.4. The van der Waals surface area contributed by atoms with Crippen LogP contribution in [0.15, 0.2) is 29.2 Å². The Morgan fingerprint density at radius 2 is 2.05 bits per heavy atom. The van der Waals surface area contributed by atoms with Crippen LogP contribution in [0.2, 0.25) is 0 Å². The van der Waals surface area contributed by atoms with Crippen molar-refractivity contribution < 1.29 is 13.2 Å². The van der Waals surface area contributed by atoms with E-state index in [0.717, 1.165) is 12.8 Å². The topological polar surface area (TPSA) is 63.2 Å². The van der Waals surface area contributed by atoms with E-state index in [2.05, 4.69) is 37.2 Å². The Labute approximate surface area is 130 Å². The molecule has 1 aromatic carbocycles. The number of unbranched alkanes of at least 4 members (excludes halogenated alkanes) is 1. The quantitative estimate of drug-likeness (QED) is 0.576. The van der Waals surface area contributed by atoms with Gasteiger partial charge in [-0.25, -0.2) is 8.42 Å². The molecule has 0 radical (unpaired) electrons. The minimum absolute atomic E-state index is 0.106. The summed E-state index contributed by atoms with van der Waals surface area (Å²) in [6.45, 7) is 2.62. The number of sulfone groups is 1. The van der Waals surface area contributed by atoms with Crippen molar-refractivity contribution >= 4 is 47.6 Å². The smallest absolute Gasteiger partial charge is 0.251 e. The molecular weight excluding hydrogens is 398 g/mol. The van der Waals surface area contributed by atoms with Gasteiger partial charge in [0.2, 0.25) is 9.84 Å². The van der Waals surface area contributed by atoms with E-state index in [-0.39, 0.29) is 10.8 Å². The van der Waals surface area contributed by atoms with Gasteiger partial charge < -0.3 is 5.32 Å². The van der Waals surface area contributed by atoms with Crippen LogP contribution in [0.1, 0.15) is 30.1 Å². The first-order valence-corrected chi connectivity index (χ1v) is 9.17. The largest absolute Gasteiger partial charge is 0.352 e. The van der Waals surface area contributed by atoms with Crippen LogP contribution in [0.3, 0.4) is 0 Å². The highest BCUT2D eigenvalue weighted by Crippen LogP contribution is 2.25. The molecule has 0 atom stereocenters. The zero-order valence-corrected chi connectivity index (χ0v) is 14.4. The summed E-state index contributed by atoms with van der Waals surface area (Å²) in [5, 5.41) is 2.75. The highest BCUT2D eigenvalue weighted by Gasteiger charge is 2.23. The highest BCUT2D eigenvalue weighted by atomic mass is 79.9. The van der Waals surface area contributed by atoms with Gasteiger partial charge in [0.1, 0.15) is 0 Å². The lowest BCUT2D eigenvalue weighted by atomic mass is 10.2. The number of carbonyl (C=O) groups is 1. The summed E-state index contributed by atoms with van der Waals surface area (Å²) in [6.07, 6.45) is 1.89. The molecule has 1 aromatic rings. The normalized spacial score (nSPS) is 11.6. The summed E-state index contributed by atoms with van der Waals surface area (Å²) in [5.41, 5.74) is 0.345. The molecule has 1 amide bonds. The Kier molecular flexibility index (Phi) is 6.49. The summed E-state index contributed by atoms with van der Waals surface area (Å²) in [5.74, 6) is -0.258. The molecule has 0 aromatic heterocycles. The van der Waals surface area contributed by atoms with Crippen LogP contribution in [0.4, 0.5) is 0 Å². The first kappa shape index (κ1) is 16.7. The van der Waals surface area contributed by atoms with Crippen LogP contribution in [-0.4, -0.2) is 23.9 Å². The Bertz CT molecular complexity index is 544. The molecular formula is C12H15Br2NO3S. The molecule has 4 nitrogen and oxygen atoms in total. The Morgan fingerprint density at radius 3 is 2.63 bits per heavy atom. The van der Waals surface area contributed by atoms with E-state index < -0.39 is 12.9 Å². The van der Waals surface area contributed by atoms with Crippen molar-refractivity contribution in [3.63, 3.8) is 0 Å². The van der Waals surface area contributed by atoms with Gasteiger partial charge >= 0.3 is 0 Å². The number of alkyl halides is 2. The molecule has 0 saturated carbocycles. The maximum Gasteiger partial charge on any atom is 0.251 e. The average molecular weight is 413 g/mol. The minimum atomic E-state index is -3.50. The molecule has 0 fully saturated rings. The third-order valence-electron chi connectivity index (χ3n) is 2.48. The van der Waals surface area contributed by atoms with Crippen LogP contribution in [-0.2, 0) is 9.84 Å². The lowest BCUT2D eigenvalue weighted by molar-refractivity contribution is 0.0953. The first-order chi connectivity index (χ1) is 8.89. The second kappa shape index (κ2) is 7.40. The number of halogens is 2. The number of nitrogens with one attached hydrogen (secondary N) is 1. The fraction of sp³-hybridized carbons (Fsp3) is 0.417. The van der Waals surface area contributed by atoms with Crippen LogP contribution >= 0.6 is 31.9 Å². The van der Waals surface area contributed by atoms with Crippen molar-refractivity contribution in [3.8, 4) is 0 Å². The molecule has 0 aliphatic carbocycles. The molecule has 0 unspecified atom stereocenters. The van der Waals surface area contributed by atoms with Gasteiger partial charge in [0, 0.05) is 12.1 Å². The van der Waals surface area contributed by atoms with Gasteiger partial charge in [0.05, 0.1) is 4.90 Å². The molecule has 1 rings (SSSR count). The van der Waals surface area contributed by atoms with Gasteiger partial charge in [-0.3, -0.25) is 4.79 Å². The van der Waals surface area contributed by atoms with E-state index in [4.69, 9.17) is 0 Å². The Morgan fingerprint density at radius 1 is 1.37 bits per heavy atom. The van der Waals surface area contributed by atoms with E-state index in [1.165, 1.54) is 12.1 Å². The molecule has 7 heteroatoms. The van der Waals surface area contributed by atoms with Crippen molar-refractivity contribution in [2.45, 2.75) is 27.7 Å². The van der Waals surface area contributed by atoms with E-state index in [1.54, 1.807) is 12.1 Å². The summed E-state index contributed by atoms with van der Waals surface area (Å²) < 4.78 is 23.0. The van der Waals surface area contributed by atoms with Crippen LogP contribution < -0.4 is 5.32 Å². The molecule has 0 saturated heterocycles. The van der Waals surface area contributed by atoms with Gasteiger partial charge in [-0.1, -0.05) is 51.3 Å². The van der Waals surface area contributed by atoms with Crippen molar-refractivity contribution in [1.82, 2.24) is 5.32 Å². The number of rotatable bonds is 6. The molecule has 1 N–H and O–H groups in total. The lowest BCUT2D eigenvalue weighted by Gasteiger charge is -2.08. The van der Waals surface area contributed by atoms with Crippen LogP contribution in [0.25, 0.3) is 0 Å². The molecule has 19 heavy (non-hydrogen) atoms. The van der Waals surface area contributed by atoms with Gasteiger partial charge in [0.15, 0.2) is 3.07 Å². The average Bonchev–Trinajstić information content (AvgIpc) is 2.39. The van der Waals surface area contributed by atoms with E-state index in [0.29, 0.717) is 12.1 Å². The van der Waals surface area contributed by atoms with Gasteiger partial charge in [-0.2, -0.15) is 0 Å². The fourth-order valence-electron chi connectivity index (χ4n) is 1.40. The predicted octanol–water partition coefficient (Wildman–Crippen LogP) is 3.06. The minimum Gasteiger partial charge on any atom is -0.352 e. The second-order valence-corrected chi connectivity index (χ2v) is 10.2. The number of hydrogen-bond acceptors (Lipinski definition) is 3. The van der Waals surface area contributed by atoms with Gasteiger partial charge in [0.25, 0.3) is 5.91 Å². The maximum absolute atomic E-state index is 11.9. The zero-order chi connectivity index (χ0) is 14.5. The van der Waals surface area contributed by atoms with Gasteiger partial charge in [-0.15, -0.1) is 0 Å². The molecule has 0 spiro atoms. The summed E-state index contributed by atoms with van der Waals surface area (Å²) >= 11 is 5.95. The fourth-order valence-corrected chi connectivity index (χ4v) is 3.46. The van der Waals surface area contributed by atoms with Crippen molar-refractivity contribution in [2.75, 3.05) is 6.54 Å². The highest BCUT2D eigenvalue weighted by molar-refractivity contribution is 9.27. The first-order valence-electron chi connectivity index (χ1n) is 5.80. The number of benzene rings is 1. The van der Waals surface area contributed by atoms with Gasteiger partial charge in [-0.05, 0) is 24.6 Å². The van der Waals surface area contributed by atoms with E-state index >= 15 is 0 Å². The van der Waals surface area contributed by atoms with Crippen molar-refractivity contribution in [1.29, 1.82) is 0 Å². The molecule has 106 valence electrons. The summed E-state index contributed by atoms with van der Waals surface area (Å²) in [7, 11) is -3.50. The molecule has 0 aliphatic rings. The SMILES string of the molecule is CCCCNC(=O)c1cccc(S(=O)(=O)C(Br)Br)c1. The standard InChI is InChI=1S/C12H15Br2NO3S/c1-2-3-7-15-11(16)9-5-4-6-10(8-9)19(17,18)12(13)14/h4-6,8,12H,2-3,7H2,1H3,(H,15,16). The molecule has 0 bridgehead atoms. The third kappa shape index (κ3) is 4.57. The van der Waals surface area contributed by atoms with Crippen LogP contribution in [0, 0.1) is 0 Å². The molecule has 0 aliphatic heterocycles. The predicted molar refractivity (Wildman–Crippen MR) is 82.5 cm³/mol. The van der Waals surface area contributed by atoms with E-state index in [1.807, 2.05) is 6.92 Å². The summed E-state index contributed by atoms with van der Waals surface area (Å²) in [4.78, 5) is 11.9. The second-order valence-electron chi connectivity index (χ2n) is 3.94. The van der Waals surface area contributed by atoms with Crippen LogP contribution in [0.5, 0.6) is 0 Å². The number of carbonyl (C=O) groups excluding carboxylic acids is 1. The summed E-state index contributed by atoms with van der Waals surface area (Å²) in [6, 6.07) is 6.00. The number of hydrogen-bond donors (Lipinski definition) is 1. The monoisotopic (exact) mass is 411 g/mol. The third-order valence-corrected chi connectivity index (χ3v) is 6.81. The van der Waals surface area contributed by atoms with Crippen molar-refractivity contribution in [3.05, 3.63) is 29.8 Å². The molecule has 0 heterocycles. The lowest BCUT2D eigenvalue weighted by Crippen LogP contribution is -2.24. The number of amides is 1. The van der Waals surface area contributed by atoms with E-state index in [9.17, 15) is 13.2 Å². The maximum atomic E-state index is 11.9. The van der Waals surface area contributed by atoms with Crippen molar-refractivity contribution in [2.24, 2.45) is 0 Å². The Balaban J connectivity index is 2.92.